The Balaban J connectivity index is 2.23. The van der Waals surface area contributed by atoms with Gasteiger partial charge in [0.15, 0.2) is 0 Å². The standard InChI is InChI=1S/C19H33NO2Si/c1-19(2,3)23(5,6)22-18-8-7-17(21-4)14-16(18)13-15-9-11-20-12-10-15/h7-8,14-15,20H,9-13H2,1-6H3. The molecule has 0 unspecified atom stereocenters. The third-order valence-corrected chi connectivity index (χ3v) is 9.75. The van der Waals surface area contributed by atoms with Crippen molar-refractivity contribution in [3.63, 3.8) is 0 Å². The van der Waals surface area contributed by atoms with Crippen molar-refractivity contribution >= 4 is 8.32 Å². The van der Waals surface area contributed by atoms with E-state index in [1.165, 1.54) is 18.4 Å². The van der Waals surface area contributed by atoms with E-state index in [9.17, 15) is 0 Å². The monoisotopic (exact) mass is 335 g/mol. The van der Waals surface area contributed by atoms with E-state index in [-0.39, 0.29) is 5.04 Å². The number of hydrogen-bond donors (Lipinski definition) is 1. The maximum atomic E-state index is 6.61. The molecule has 23 heavy (non-hydrogen) atoms. The van der Waals surface area contributed by atoms with Crippen molar-refractivity contribution in [1.29, 1.82) is 0 Å². The van der Waals surface area contributed by atoms with Crippen molar-refractivity contribution in [3.05, 3.63) is 23.8 Å². The van der Waals surface area contributed by atoms with Crippen molar-refractivity contribution in [2.75, 3.05) is 20.2 Å². The van der Waals surface area contributed by atoms with Crippen LogP contribution in [0.3, 0.4) is 0 Å². The number of hydrogen-bond acceptors (Lipinski definition) is 3. The molecule has 3 nitrogen and oxygen atoms in total. The summed E-state index contributed by atoms with van der Waals surface area (Å²) < 4.78 is 12.0. The van der Waals surface area contributed by atoms with Gasteiger partial charge in [-0.3, -0.25) is 0 Å². The third-order valence-electron chi connectivity index (χ3n) is 5.41. The highest BCUT2D eigenvalue weighted by Gasteiger charge is 2.39. The Morgan fingerprint density at radius 3 is 2.39 bits per heavy atom. The zero-order valence-electron chi connectivity index (χ0n) is 15.7. The molecule has 1 aromatic rings. The second kappa shape index (κ2) is 7.26. The van der Waals surface area contributed by atoms with Gasteiger partial charge in [0, 0.05) is 0 Å². The topological polar surface area (TPSA) is 30.5 Å². The molecule has 130 valence electrons. The highest BCUT2D eigenvalue weighted by molar-refractivity contribution is 6.74. The Labute approximate surface area is 142 Å². The lowest BCUT2D eigenvalue weighted by atomic mass is 9.90. The van der Waals surface area contributed by atoms with Crippen molar-refractivity contribution in [1.82, 2.24) is 5.32 Å². The van der Waals surface area contributed by atoms with Crippen LogP contribution >= 0.6 is 0 Å². The van der Waals surface area contributed by atoms with Crippen LogP contribution in [0, 0.1) is 5.92 Å². The molecule has 4 heteroatoms. The Morgan fingerprint density at radius 1 is 1.17 bits per heavy atom. The Kier molecular flexibility index (Phi) is 5.79. The molecule has 0 saturated carbocycles. The van der Waals surface area contributed by atoms with Crippen LogP contribution in [0.2, 0.25) is 18.1 Å². The van der Waals surface area contributed by atoms with Crippen LogP contribution in [0.25, 0.3) is 0 Å². The second-order valence-electron chi connectivity index (χ2n) is 8.23. The van der Waals surface area contributed by atoms with Gasteiger partial charge in [-0.15, -0.1) is 0 Å². The van der Waals surface area contributed by atoms with E-state index in [2.05, 4.69) is 51.3 Å². The molecule has 0 aliphatic carbocycles. The van der Waals surface area contributed by atoms with Crippen LogP contribution in [0.15, 0.2) is 18.2 Å². The molecule has 0 atom stereocenters. The van der Waals surface area contributed by atoms with Crippen molar-refractivity contribution < 1.29 is 9.16 Å². The van der Waals surface area contributed by atoms with E-state index in [1.807, 2.05) is 6.07 Å². The van der Waals surface area contributed by atoms with Crippen molar-refractivity contribution in [2.45, 2.75) is 58.2 Å². The molecule has 1 N–H and O–H groups in total. The van der Waals surface area contributed by atoms with Gasteiger partial charge in [0.05, 0.1) is 7.11 Å². The largest absolute Gasteiger partial charge is 0.543 e. The van der Waals surface area contributed by atoms with Gasteiger partial charge in [0.1, 0.15) is 11.5 Å². The van der Waals surface area contributed by atoms with E-state index in [1.54, 1.807) is 7.11 Å². The first-order chi connectivity index (χ1) is 10.7. The van der Waals surface area contributed by atoms with Crippen LogP contribution in [0.1, 0.15) is 39.2 Å². The third kappa shape index (κ3) is 4.74. The predicted octanol–water partition coefficient (Wildman–Crippen LogP) is 4.62. The first kappa shape index (κ1) is 18.3. The summed E-state index contributed by atoms with van der Waals surface area (Å²) in [6.07, 6.45) is 3.58. The first-order valence-electron chi connectivity index (χ1n) is 8.79. The maximum Gasteiger partial charge on any atom is 0.250 e. The molecule has 1 heterocycles. The van der Waals surface area contributed by atoms with E-state index in [0.717, 1.165) is 36.9 Å². The van der Waals surface area contributed by atoms with Crippen molar-refractivity contribution in [3.8, 4) is 11.5 Å². The Bertz CT molecular complexity index is 517. The highest BCUT2D eigenvalue weighted by Crippen LogP contribution is 2.39. The summed E-state index contributed by atoms with van der Waals surface area (Å²) in [5, 5.41) is 3.65. The van der Waals surface area contributed by atoms with Gasteiger partial charge in [-0.05, 0) is 80.2 Å². The lowest BCUT2D eigenvalue weighted by Crippen LogP contribution is -2.44. The average Bonchev–Trinajstić information content (AvgIpc) is 2.48. The molecule has 1 saturated heterocycles. The van der Waals surface area contributed by atoms with Crippen LogP contribution < -0.4 is 14.5 Å². The van der Waals surface area contributed by atoms with Gasteiger partial charge in [-0.25, -0.2) is 0 Å². The van der Waals surface area contributed by atoms with Gasteiger partial charge in [0.2, 0.25) is 8.32 Å². The molecule has 1 fully saturated rings. The SMILES string of the molecule is COc1ccc(O[Si](C)(C)C(C)(C)C)c(CC2CCNCC2)c1. The summed E-state index contributed by atoms with van der Waals surface area (Å²) in [5.74, 6) is 2.73. The summed E-state index contributed by atoms with van der Waals surface area (Å²) in [6.45, 7) is 13.7. The van der Waals surface area contributed by atoms with E-state index in [0.29, 0.717) is 0 Å². The first-order valence-corrected chi connectivity index (χ1v) is 11.7. The molecule has 0 aromatic heterocycles. The molecular formula is C19H33NO2Si. The number of rotatable bonds is 5. The van der Waals surface area contributed by atoms with Crippen LogP contribution in [-0.4, -0.2) is 28.5 Å². The lowest BCUT2D eigenvalue weighted by molar-refractivity contribution is 0.367. The maximum absolute atomic E-state index is 6.61. The molecule has 0 amide bonds. The molecule has 2 rings (SSSR count). The van der Waals surface area contributed by atoms with Gasteiger partial charge in [-0.1, -0.05) is 20.8 Å². The van der Waals surface area contributed by atoms with Crippen LogP contribution in [0.4, 0.5) is 0 Å². The number of piperidine rings is 1. The molecule has 1 aliphatic rings. The van der Waals surface area contributed by atoms with Crippen LogP contribution in [-0.2, 0) is 6.42 Å². The fraction of sp³-hybridized carbons (Fsp3) is 0.684. The zero-order valence-corrected chi connectivity index (χ0v) is 16.7. The Hall–Kier alpha value is -1.00. The minimum absolute atomic E-state index is 0.207. The molecule has 1 aromatic carbocycles. The molecule has 0 spiro atoms. The van der Waals surface area contributed by atoms with Crippen molar-refractivity contribution in [2.24, 2.45) is 5.92 Å². The summed E-state index contributed by atoms with van der Waals surface area (Å²) >= 11 is 0. The molecule has 0 bridgehead atoms. The predicted molar refractivity (Wildman–Crippen MR) is 100 cm³/mol. The lowest BCUT2D eigenvalue weighted by Gasteiger charge is -2.37. The van der Waals surface area contributed by atoms with E-state index in [4.69, 9.17) is 9.16 Å². The van der Waals surface area contributed by atoms with E-state index < -0.39 is 8.32 Å². The number of benzene rings is 1. The van der Waals surface area contributed by atoms with Gasteiger partial charge >= 0.3 is 0 Å². The van der Waals surface area contributed by atoms with Crippen LogP contribution in [0.5, 0.6) is 11.5 Å². The van der Waals surface area contributed by atoms with Gasteiger partial charge < -0.3 is 14.5 Å². The second-order valence-corrected chi connectivity index (χ2v) is 13.0. The van der Waals surface area contributed by atoms with Gasteiger partial charge in [0.25, 0.3) is 0 Å². The summed E-state index contributed by atoms with van der Waals surface area (Å²) in [7, 11) is -0.0895. The fourth-order valence-electron chi connectivity index (χ4n) is 2.77. The van der Waals surface area contributed by atoms with Gasteiger partial charge in [-0.2, -0.15) is 0 Å². The smallest absolute Gasteiger partial charge is 0.250 e. The minimum Gasteiger partial charge on any atom is -0.543 e. The normalized spacial score (nSPS) is 17.1. The number of ether oxygens (including phenoxy) is 1. The average molecular weight is 336 g/mol. The number of methoxy groups -OCH3 is 1. The molecular weight excluding hydrogens is 302 g/mol. The summed E-state index contributed by atoms with van der Waals surface area (Å²) in [4.78, 5) is 0. The summed E-state index contributed by atoms with van der Waals surface area (Å²) in [5.41, 5.74) is 1.31. The van der Waals surface area contributed by atoms with E-state index >= 15 is 0 Å². The summed E-state index contributed by atoms with van der Waals surface area (Å²) in [6, 6.07) is 6.30. The zero-order chi connectivity index (χ0) is 17.1. The Morgan fingerprint density at radius 2 is 1.83 bits per heavy atom. The fourth-order valence-corrected chi connectivity index (χ4v) is 3.82. The quantitative estimate of drug-likeness (QED) is 0.796. The highest BCUT2D eigenvalue weighted by atomic mass is 28.4. The molecule has 0 radical (unpaired) electrons. The molecule has 1 aliphatic heterocycles. The number of nitrogens with one attached hydrogen (secondary N) is 1. The minimum atomic E-state index is -1.82.